The Bertz CT molecular complexity index is 2110. The summed E-state index contributed by atoms with van der Waals surface area (Å²) >= 11 is 8.03. The Morgan fingerprint density at radius 3 is 2.50 bits per heavy atom. The Hall–Kier alpha value is -4.49. The lowest BCUT2D eigenvalue weighted by molar-refractivity contribution is -0.162. The van der Waals surface area contributed by atoms with Crippen molar-refractivity contribution in [2.24, 2.45) is 17.8 Å². The number of rotatable bonds is 12. The summed E-state index contributed by atoms with van der Waals surface area (Å²) in [6.07, 6.45) is 4.56. The Morgan fingerprint density at radius 1 is 1.12 bits per heavy atom. The summed E-state index contributed by atoms with van der Waals surface area (Å²) in [5, 5.41) is 13.9. The summed E-state index contributed by atoms with van der Waals surface area (Å²) in [5.74, 6) is -2.03. The number of alkyl carbamates (subject to hydrolysis) is 1. The van der Waals surface area contributed by atoms with Crippen LogP contribution in [0.4, 0.5) is 10.5 Å². The van der Waals surface area contributed by atoms with Crippen LogP contribution in [-0.4, -0.2) is 145 Å². The van der Waals surface area contributed by atoms with Gasteiger partial charge in [-0.15, -0.1) is 11.8 Å². The number of methoxy groups -OCH3 is 2. The maximum absolute atomic E-state index is 14.3. The molecule has 5 amide bonds. The van der Waals surface area contributed by atoms with Crippen LogP contribution in [0.15, 0.2) is 35.9 Å². The van der Waals surface area contributed by atoms with Crippen LogP contribution in [-0.2, 0) is 54.1 Å². The van der Waals surface area contributed by atoms with Gasteiger partial charge in [-0.05, 0) is 76.5 Å². The molecule has 17 nitrogen and oxygen atoms in total. The molecule has 19 heteroatoms. The van der Waals surface area contributed by atoms with Gasteiger partial charge in [0, 0.05) is 64.6 Å². The molecule has 4 heterocycles. The van der Waals surface area contributed by atoms with Crippen molar-refractivity contribution < 1.29 is 62.4 Å². The summed E-state index contributed by atoms with van der Waals surface area (Å²) in [7, 11) is 5.90. The highest BCUT2D eigenvalue weighted by atomic mass is 35.5. The smallest absolute Gasteiger partial charge is 0.409 e. The Kier molecular flexibility index (Phi) is 16.4. The first-order valence-corrected chi connectivity index (χ1v) is 23.9. The second-order valence-electron chi connectivity index (χ2n) is 18.5. The van der Waals surface area contributed by atoms with Gasteiger partial charge < -0.3 is 43.4 Å². The van der Waals surface area contributed by atoms with Gasteiger partial charge in [0.05, 0.1) is 30.6 Å². The summed E-state index contributed by atoms with van der Waals surface area (Å²) in [5.41, 5.74) is -1.13. The minimum absolute atomic E-state index is 0.0285. The second kappa shape index (κ2) is 21.2. The first-order valence-electron chi connectivity index (χ1n) is 22.5. The zero-order valence-electron chi connectivity index (χ0n) is 38.9. The largest absolute Gasteiger partial charge is 0.495 e. The Morgan fingerprint density at radius 2 is 1.83 bits per heavy atom. The van der Waals surface area contributed by atoms with E-state index in [4.69, 9.17) is 35.3 Å². The van der Waals surface area contributed by atoms with Crippen molar-refractivity contribution in [2.45, 2.75) is 133 Å². The molecule has 1 aromatic carbocycles. The third kappa shape index (κ3) is 11.3. The molecular weight excluding hydrogens is 896 g/mol. The number of thioether (sulfide) groups is 1. The van der Waals surface area contributed by atoms with E-state index in [9.17, 15) is 38.7 Å². The van der Waals surface area contributed by atoms with Crippen LogP contribution in [0.5, 0.6) is 5.75 Å². The van der Waals surface area contributed by atoms with Crippen LogP contribution in [0.2, 0.25) is 5.02 Å². The number of aliphatic hydroxyl groups is 1. The number of anilines is 1. The van der Waals surface area contributed by atoms with Crippen molar-refractivity contribution in [1.82, 2.24) is 15.1 Å². The predicted octanol–water partition coefficient (Wildman–Crippen LogP) is 4.77. The summed E-state index contributed by atoms with van der Waals surface area (Å²) in [6, 6.07) is 2.43. The van der Waals surface area contributed by atoms with Gasteiger partial charge in [-0.3, -0.25) is 29.4 Å². The van der Waals surface area contributed by atoms with Crippen LogP contribution in [0.3, 0.4) is 0 Å². The number of likely N-dealkylation sites (N-methyl/N-ethyl adjacent to an activating group) is 1. The predicted molar refractivity (Wildman–Crippen MR) is 245 cm³/mol. The van der Waals surface area contributed by atoms with Gasteiger partial charge in [0.25, 0.3) is 0 Å². The molecule has 1 aromatic rings. The molecule has 1 aliphatic carbocycles. The first-order chi connectivity index (χ1) is 31.2. The second-order valence-corrected chi connectivity index (χ2v) is 20.2. The number of halogens is 1. The van der Waals surface area contributed by atoms with E-state index in [1.165, 1.54) is 54.7 Å². The topological polar surface area (TPSA) is 211 Å². The third-order valence-electron chi connectivity index (χ3n) is 13.9. The number of amides is 5. The number of nitrogens with one attached hydrogen (secondary N) is 1. The summed E-state index contributed by atoms with van der Waals surface area (Å²) in [6.45, 7) is 7.21. The van der Waals surface area contributed by atoms with Gasteiger partial charge in [0.2, 0.25) is 23.6 Å². The summed E-state index contributed by atoms with van der Waals surface area (Å²) < 4.78 is 29.4. The fourth-order valence-electron chi connectivity index (χ4n) is 9.42. The molecule has 4 fully saturated rings. The fraction of sp³-hybridized carbons (Fsp3) is 0.638. The Balaban J connectivity index is 1.17. The van der Waals surface area contributed by atoms with E-state index in [0.29, 0.717) is 24.4 Å². The minimum Gasteiger partial charge on any atom is -0.495 e. The number of hydrogen-bond donors (Lipinski definition) is 2. The van der Waals surface area contributed by atoms with E-state index < -0.39 is 76.8 Å². The van der Waals surface area contributed by atoms with Crippen LogP contribution in [0, 0.1) is 17.8 Å². The zero-order valence-corrected chi connectivity index (χ0v) is 40.5. The number of nitrogens with zero attached hydrogens (tertiary/aromatic N) is 3. The van der Waals surface area contributed by atoms with E-state index in [0.717, 1.165) is 43.1 Å². The number of carbonyl (C=O) groups excluding carboxylic acids is 7. The average Bonchev–Trinajstić information content (AvgIpc) is 3.91. The zero-order chi connectivity index (χ0) is 48.2. The highest BCUT2D eigenvalue weighted by Gasteiger charge is 2.64. The number of imide groups is 1. The van der Waals surface area contributed by atoms with E-state index in [2.05, 4.69) is 5.32 Å². The molecule has 3 saturated heterocycles. The fourth-order valence-corrected chi connectivity index (χ4v) is 10.8. The molecule has 2 N–H and O–H groups in total. The van der Waals surface area contributed by atoms with E-state index in [1.54, 1.807) is 45.2 Å². The molecule has 0 unspecified atom stereocenters. The number of benzene rings is 1. The normalized spacial score (nSPS) is 33.4. The van der Waals surface area contributed by atoms with Crippen molar-refractivity contribution >= 4 is 71.0 Å². The maximum atomic E-state index is 14.3. The number of allylic oxidation sites excluding steroid dienone is 3. The lowest BCUT2D eigenvalue weighted by Crippen LogP contribution is -2.63. The minimum atomic E-state index is -1.87. The number of epoxide rings is 1. The molecule has 1 saturated carbocycles. The molecule has 6 rings (SSSR count). The van der Waals surface area contributed by atoms with Crippen molar-refractivity contribution in [3.63, 3.8) is 0 Å². The molecule has 0 radical (unpaired) electrons. The standard InChI is InChI=1S/C47H63ClN4O13S/c1-26-10-9-11-36(62-8)47(60)23-34(63-45(59)49-47)27(2)42-46(4,65-42)37(22-39(55)51(6)32-19-31(18-26)20-33(61-7)41(32)48)64-44(58)28(3)50(5)38(54)16-17-66-35-21-40(56)52(43(35)57)24-29-12-14-30(25-53)15-13-29/h9-11,19-20,25,27-30,34-37,42,60H,12-18,21-24H2,1-8H3,(H,49,59)/b11-9+,26-10+/t27-,28+,29?,30?,34+,35+,36-,37+,42+,46+,47+/m1/s1. The van der Waals surface area contributed by atoms with Crippen LogP contribution in [0.1, 0.15) is 84.6 Å². The third-order valence-corrected chi connectivity index (χ3v) is 15.5. The average molecular weight is 960 g/mol. The molecule has 0 aromatic heterocycles. The maximum Gasteiger partial charge on any atom is 0.409 e. The van der Waals surface area contributed by atoms with Crippen molar-refractivity contribution in [1.29, 1.82) is 0 Å². The lowest BCUT2D eigenvalue weighted by atomic mass is 9.82. The van der Waals surface area contributed by atoms with Gasteiger partial charge >= 0.3 is 12.1 Å². The monoisotopic (exact) mass is 958 g/mol. The molecule has 362 valence electrons. The van der Waals surface area contributed by atoms with Crippen molar-refractivity contribution in [3.8, 4) is 5.75 Å². The number of likely N-dealkylation sites (tertiary alicyclic amines) is 1. The van der Waals surface area contributed by atoms with Crippen molar-refractivity contribution in [2.75, 3.05) is 45.5 Å². The number of esters is 1. The van der Waals surface area contributed by atoms with Crippen LogP contribution in [0.25, 0.3) is 0 Å². The Labute approximate surface area is 395 Å². The highest BCUT2D eigenvalue weighted by molar-refractivity contribution is 8.00. The molecule has 4 bridgehead atoms. The molecular formula is C47H63ClN4O13S. The SMILES string of the molecule is COc1cc2cc(c1Cl)N(C)C(=O)C[C@H](OC(=O)[C@H](C)N(C)C(=O)CCS[C@H]1CC(=O)N(CC3CCC(C=O)CC3)C1=O)[C@]1(C)O[C@H]1[C@H](C)[C@@H]1C[C@@](O)(NC(=O)O1)[C@H](OC)/C=C/C=C(\C)C2. The van der Waals surface area contributed by atoms with E-state index >= 15 is 0 Å². The van der Waals surface area contributed by atoms with E-state index in [-0.39, 0.29) is 60.1 Å². The number of hydrogen-bond acceptors (Lipinski definition) is 14. The van der Waals surface area contributed by atoms with Gasteiger partial charge in [-0.1, -0.05) is 42.3 Å². The number of aldehydes is 1. The molecule has 5 aliphatic rings. The van der Waals surface area contributed by atoms with E-state index in [1.807, 2.05) is 13.0 Å². The highest BCUT2D eigenvalue weighted by Crippen LogP contribution is 2.49. The van der Waals surface area contributed by atoms with Crippen molar-refractivity contribution in [3.05, 3.63) is 46.5 Å². The van der Waals surface area contributed by atoms with Gasteiger partial charge in [0.1, 0.15) is 47.0 Å². The van der Waals surface area contributed by atoms with Crippen LogP contribution >= 0.6 is 23.4 Å². The molecule has 0 spiro atoms. The molecule has 9 atom stereocenters. The lowest BCUT2D eigenvalue weighted by Gasteiger charge is -2.42. The number of ether oxygens (including phenoxy) is 5. The van der Waals surface area contributed by atoms with Gasteiger partial charge in [-0.2, -0.15) is 0 Å². The van der Waals surface area contributed by atoms with Gasteiger partial charge in [0.15, 0.2) is 5.72 Å². The van der Waals surface area contributed by atoms with Gasteiger partial charge in [-0.25, -0.2) is 9.59 Å². The number of carbonyl (C=O) groups is 7. The van der Waals surface area contributed by atoms with Crippen LogP contribution < -0.4 is 15.0 Å². The summed E-state index contributed by atoms with van der Waals surface area (Å²) in [4.78, 5) is 96.0. The molecule has 4 aliphatic heterocycles. The molecule has 66 heavy (non-hydrogen) atoms. The quantitative estimate of drug-likeness (QED) is 0.125. The first kappa shape index (κ1) is 50.9. The number of fused-ring (bicyclic) bond motifs is 5.